The Kier molecular flexibility index (Phi) is 2.13. The summed E-state index contributed by atoms with van der Waals surface area (Å²) < 4.78 is 1.34. The number of nitrogens with zero attached hydrogens (tertiary/aromatic N) is 1. The number of halogens is 1. The molecule has 3 nitrogen and oxygen atoms in total. The predicted molar refractivity (Wildman–Crippen MR) is 62.8 cm³/mol. The van der Waals surface area contributed by atoms with Crippen LogP contribution in [0.2, 0.25) is 0 Å². The van der Waals surface area contributed by atoms with Crippen LogP contribution in [0.5, 0.6) is 0 Å². The molecule has 3 aliphatic rings. The van der Waals surface area contributed by atoms with Crippen molar-refractivity contribution in [1.82, 2.24) is 3.11 Å². The van der Waals surface area contributed by atoms with Crippen molar-refractivity contribution in [1.29, 1.82) is 0 Å². The number of carbonyl (C=O) groups excluding carboxylic acids is 2. The molecule has 3 rings (SSSR count). The van der Waals surface area contributed by atoms with E-state index in [-0.39, 0.29) is 23.7 Å². The monoisotopic (exact) mass is 319 g/mol. The molecule has 2 bridgehead atoms. The van der Waals surface area contributed by atoms with E-state index in [4.69, 9.17) is 0 Å². The number of amides is 2. The van der Waals surface area contributed by atoms with Crippen LogP contribution >= 0.6 is 22.9 Å². The van der Waals surface area contributed by atoms with Crippen LogP contribution in [0.25, 0.3) is 0 Å². The summed E-state index contributed by atoms with van der Waals surface area (Å²) in [4.78, 5) is 23.8. The molecule has 1 heterocycles. The zero-order valence-electron chi connectivity index (χ0n) is 8.65. The fourth-order valence-electron chi connectivity index (χ4n) is 4.03. The van der Waals surface area contributed by atoms with Crippen molar-refractivity contribution < 1.29 is 9.59 Å². The Labute approximate surface area is 103 Å². The maximum atomic E-state index is 11.9. The lowest BCUT2D eigenvalue weighted by Gasteiger charge is -2.27. The maximum Gasteiger partial charge on any atom is 0.242 e. The van der Waals surface area contributed by atoms with Crippen LogP contribution < -0.4 is 0 Å². The molecule has 82 valence electrons. The Balaban J connectivity index is 1.96. The number of hydrogen-bond acceptors (Lipinski definition) is 2. The van der Waals surface area contributed by atoms with Gasteiger partial charge in [0, 0.05) is 0 Å². The minimum absolute atomic E-state index is 0.0399. The van der Waals surface area contributed by atoms with E-state index < -0.39 is 0 Å². The van der Waals surface area contributed by atoms with Gasteiger partial charge in [-0.05, 0) is 30.6 Å². The first kappa shape index (κ1) is 10.1. The van der Waals surface area contributed by atoms with Crippen molar-refractivity contribution in [3.8, 4) is 0 Å². The van der Waals surface area contributed by atoms with Gasteiger partial charge in [0.25, 0.3) is 0 Å². The maximum absolute atomic E-state index is 11.9. The molecule has 15 heavy (non-hydrogen) atoms. The molecule has 0 N–H and O–H groups in total. The predicted octanol–water partition coefficient (Wildman–Crippen LogP) is 2.00. The van der Waals surface area contributed by atoms with Gasteiger partial charge in [0.2, 0.25) is 11.8 Å². The molecule has 5 atom stereocenters. The zero-order valence-corrected chi connectivity index (χ0v) is 10.8. The molecule has 3 fully saturated rings. The smallest absolute Gasteiger partial charge is 0.242 e. The lowest BCUT2D eigenvalue weighted by atomic mass is 9.74. The van der Waals surface area contributed by atoms with Gasteiger partial charge in [-0.3, -0.25) is 9.59 Å². The van der Waals surface area contributed by atoms with Crippen molar-refractivity contribution in [2.45, 2.75) is 26.2 Å². The zero-order chi connectivity index (χ0) is 10.7. The lowest BCUT2D eigenvalue weighted by Crippen LogP contribution is -2.29. The quantitative estimate of drug-likeness (QED) is 0.421. The van der Waals surface area contributed by atoms with Crippen LogP contribution in [-0.4, -0.2) is 14.9 Å². The molecule has 2 aliphatic carbocycles. The van der Waals surface area contributed by atoms with Crippen LogP contribution in [0.15, 0.2) is 0 Å². The molecule has 5 unspecified atom stereocenters. The minimum atomic E-state index is 0.0399. The van der Waals surface area contributed by atoms with Crippen LogP contribution in [0, 0.1) is 29.6 Å². The van der Waals surface area contributed by atoms with Crippen molar-refractivity contribution in [3.63, 3.8) is 0 Å². The van der Waals surface area contributed by atoms with E-state index in [1.165, 1.54) is 9.53 Å². The van der Waals surface area contributed by atoms with E-state index in [2.05, 4.69) is 6.92 Å². The summed E-state index contributed by atoms with van der Waals surface area (Å²) in [7, 11) is 0. The van der Waals surface area contributed by atoms with Gasteiger partial charge in [0.05, 0.1) is 34.7 Å². The highest BCUT2D eigenvalue weighted by molar-refractivity contribution is 14.1. The Bertz CT molecular complexity index is 343. The van der Waals surface area contributed by atoms with Gasteiger partial charge < -0.3 is 0 Å². The van der Waals surface area contributed by atoms with Gasteiger partial charge >= 0.3 is 0 Å². The van der Waals surface area contributed by atoms with Crippen molar-refractivity contribution in [2.75, 3.05) is 0 Å². The SMILES string of the molecule is CCC1CC2CC1C1C(=O)N(I)C(=O)C21. The third kappa shape index (κ3) is 1.11. The Hall–Kier alpha value is -0.130. The second kappa shape index (κ2) is 3.18. The minimum Gasteiger partial charge on any atom is -0.273 e. The highest BCUT2D eigenvalue weighted by Crippen LogP contribution is 2.59. The summed E-state index contributed by atoms with van der Waals surface area (Å²) in [6.45, 7) is 2.20. The van der Waals surface area contributed by atoms with Gasteiger partial charge in [-0.25, -0.2) is 3.11 Å². The number of carbonyl (C=O) groups is 2. The summed E-state index contributed by atoms with van der Waals surface area (Å²) in [5.74, 6) is 1.93. The molecule has 4 heteroatoms. The molecule has 2 saturated carbocycles. The number of imide groups is 1. The van der Waals surface area contributed by atoms with Crippen LogP contribution in [0.4, 0.5) is 0 Å². The van der Waals surface area contributed by atoms with Gasteiger partial charge in [-0.2, -0.15) is 0 Å². The second-order valence-corrected chi connectivity index (χ2v) is 6.04. The van der Waals surface area contributed by atoms with Gasteiger partial charge in [0.1, 0.15) is 0 Å². The van der Waals surface area contributed by atoms with E-state index in [0.29, 0.717) is 17.8 Å². The van der Waals surface area contributed by atoms with E-state index in [1.54, 1.807) is 0 Å². The first-order valence-electron chi connectivity index (χ1n) is 5.68. The van der Waals surface area contributed by atoms with Crippen molar-refractivity contribution in [2.24, 2.45) is 29.6 Å². The number of rotatable bonds is 1. The Morgan fingerprint density at radius 1 is 1.27 bits per heavy atom. The summed E-state index contributed by atoms with van der Waals surface area (Å²) in [6, 6.07) is 0. The summed E-state index contributed by atoms with van der Waals surface area (Å²) in [5.41, 5.74) is 0. The topological polar surface area (TPSA) is 37.4 Å². The Morgan fingerprint density at radius 2 is 1.93 bits per heavy atom. The van der Waals surface area contributed by atoms with E-state index >= 15 is 0 Å². The van der Waals surface area contributed by atoms with Crippen molar-refractivity contribution in [3.05, 3.63) is 0 Å². The largest absolute Gasteiger partial charge is 0.273 e. The molecule has 0 radical (unpaired) electrons. The number of hydrogen-bond donors (Lipinski definition) is 0. The van der Waals surface area contributed by atoms with E-state index in [0.717, 1.165) is 12.8 Å². The van der Waals surface area contributed by atoms with Gasteiger partial charge in [-0.15, -0.1) is 0 Å². The van der Waals surface area contributed by atoms with Crippen LogP contribution in [-0.2, 0) is 9.59 Å². The molecule has 0 aromatic carbocycles. The molecular formula is C11H14INO2. The summed E-state index contributed by atoms with van der Waals surface area (Å²) in [6.07, 6.45) is 3.45. The highest BCUT2D eigenvalue weighted by atomic mass is 127. The summed E-state index contributed by atoms with van der Waals surface area (Å²) in [5, 5.41) is 0. The molecule has 0 aromatic rings. The van der Waals surface area contributed by atoms with Crippen molar-refractivity contribution >= 4 is 34.7 Å². The average molecular weight is 319 g/mol. The molecule has 0 aromatic heterocycles. The molecule has 2 amide bonds. The van der Waals surface area contributed by atoms with E-state index in [1.807, 2.05) is 22.9 Å². The average Bonchev–Trinajstić information content (AvgIpc) is 2.86. The molecule has 0 spiro atoms. The fraction of sp³-hybridized carbons (Fsp3) is 0.818. The second-order valence-electron chi connectivity index (χ2n) is 5.07. The molecular weight excluding hydrogens is 305 g/mol. The Morgan fingerprint density at radius 3 is 2.60 bits per heavy atom. The van der Waals surface area contributed by atoms with Crippen LogP contribution in [0.3, 0.4) is 0 Å². The third-order valence-corrected chi connectivity index (χ3v) is 5.57. The number of fused-ring (bicyclic) bond motifs is 5. The first-order chi connectivity index (χ1) is 7.15. The lowest BCUT2D eigenvalue weighted by molar-refractivity contribution is -0.132. The van der Waals surface area contributed by atoms with E-state index in [9.17, 15) is 9.59 Å². The van der Waals surface area contributed by atoms with Gasteiger partial charge in [0.15, 0.2) is 0 Å². The first-order valence-corrected chi connectivity index (χ1v) is 6.65. The fourth-order valence-corrected chi connectivity index (χ4v) is 4.67. The van der Waals surface area contributed by atoms with Crippen LogP contribution in [0.1, 0.15) is 26.2 Å². The van der Waals surface area contributed by atoms with Gasteiger partial charge in [-0.1, -0.05) is 13.3 Å². The summed E-state index contributed by atoms with van der Waals surface area (Å²) >= 11 is 1.87. The third-order valence-electron chi connectivity index (χ3n) is 4.62. The standard InChI is InChI=1S/C11H14INO2/c1-2-5-3-6-4-7(5)9-8(6)10(14)13(12)11(9)15/h5-9H,2-4H2,1H3. The normalized spacial score (nSPS) is 47.9. The highest BCUT2D eigenvalue weighted by Gasteiger charge is 2.62. The molecule has 1 saturated heterocycles. The molecule has 1 aliphatic heterocycles.